The standard InChI is InChI=1S/C18H18N4O/c23-18(17-10-13-4-1-2-6-16(13)21-17)22-9-3-5-14(11-22)15-7-8-19-12-20-15/h1-2,4,6-8,10,12,14,21H,3,5,9,11H2/t14-/m1/s1. The van der Waals surface area contributed by atoms with E-state index in [2.05, 4.69) is 15.0 Å². The molecular formula is C18H18N4O. The third-order valence-electron chi connectivity index (χ3n) is 4.49. The number of carbonyl (C=O) groups is 1. The van der Waals surface area contributed by atoms with Crippen molar-refractivity contribution >= 4 is 16.8 Å². The fourth-order valence-corrected chi connectivity index (χ4v) is 3.30. The highest BCUT2D eigenvalue weighted by Crippen LogP contribution is 2.26. The smallest absolute Gasteiger partial charge is 0.270 e. The molecule has 1 amide bonds. The Hall–Kier alpha value is -2.69. The van der Waals surface area contributed by atoms with Crippen LogP contribution in [0.15, 0.2) is 48.9 Å². The first kappa shape index (κ1) is 13.9. The van der Waals surface area contributed by atoms with Gasteiger partial charge in [-0.25, -0.2) is 9.97 Å². The average Bonchev–Trinajstić information content (AvgIpc) is 3.06. The van der Waals surface area contributed by atoms with Crippen LogP contribution in [0.5, 0.6) is 0 Å². The van der Waals surface area contributed by atoms with Crippen molar-refractivity contribution in [3.05, 3.63) is 60.3 Å². The van der Waals surface area contributed by atoms with Crippen LogP contribution < -0.4 is 0 Å². The number of para-hydroxylation sites is 1. The Bertz CT molecular complexity index is 794. The number of benzene rings is 1. The number of rotatable bonds is 2. The summed E-state index contributed by atoms with van der Waals surface area (Å²) in [5, 5.41) is 1.07. The Balaban J connectivity index is 1.56. The number of H-pyrrole nitrogens is 1. The number of nitrogens with zero attached hydrogens (tertiary/aromatic N) is 3. The molecule has 1 saturated heterocycles. The Kier molecular flexibility index (Phi) is 3.54. The lowest BCUT2D eigenvalue weighted by atomic mass is 9.94. The molecule has 1 aliphatic heterocycles. The molecule has 1 aliphatic rings. The van der Waals surface area contributed by atoms with Crippen LogP contribution >= 0.6 is 0 Å². The number of fused-ring (bicyclic) bond motifs is 1. The van der Waals surface area contributed by atoms with Crippen LogP contribution in [0.25, 0.3) is 10.9 Å². The number of hydrogen-bond donors (Lipinski definition) is 1. The van der Waals surface area contributed by atoms with Gasteiger partial charge in [-0.3, -0.25) is 4.79 Å². The van der Waals surface area contributed by atoms with E-state index in [1.165, 1.54) is 0 Å². The molecular weight excluding hydrogens is 288 g/mol. The molecule has 116 valence electrons. The van der Waals surface area contributed by atoms with Crippen LogP contribution in [0.2, 0.25) is 0 Å². The highest BCUT2D eigenvalue weighted by Gasteiger charge is 2.26. The Morgan fingerprint density at radius 2 is 2.17 bits per heavy atom. The zero-order valence-electron chi connectivity index (χ0n) is 12.8. The van der Waals surface area contributed by atoms with Crippen LogP contribution in [0.1, 0.15) is 34.9 Å². The fourth-order valence-electron chi connectivity index (χ4n) is 3.30. The Labute approximate surface area is 134 Å². The van der Waals surface area contributed by atoms with Gasteiger partial charge in [-0.2, -0.15) is 0 Å². The van der Waals surface area contributed by atoms with Crippen molar-refractivity contribution in [2.45, 2.75) is 18.8 Å². The number of amides is 1. The minimum absolute atomic E-state index is 0.0694. The van der Waals surface area contributed by atoms with Crippen molar-refractivity contribution in [3.63, 3.8) is 0 Å². The number of likely N-dealkylation sites (tertiary alicyclic amines) is 1. The lowest BCUT2D eigenvalue weighted by Gasteiger charge is -2.32. The molecule has 0 saturated carbocycles. The number of hydrogen-bond acceptors (Lipinski definition) is 3. The lowest BCUT2D eigenvalue weighted by Crippen LogP contribution is -2.39. The molecule has 1 N–H and O–H groups in total. The van der Waals surface area contributed by atoms with E-state index in [0.29, 0.717) is 18.2 Å². The molecule has 1 atom stereocenters. The highest BCUT2D eigenvalue weighted by atomic mass is 16.2. The zero-order chi connectivity index (χ0) is 15.6. The first-order valence-corrected chi connectivity index (χ1v) is 7.94. The van der Waals surface area contributed by atoms with E-state index in [9.17, 15) is 4.79 Å². The molecule has 1 fully saturated rings. The van der Waals surface area contributed by atoms with Crippen LogP contribution in [0.4, 0.5) is 0 Å². The molecule has 3 heterocycles. The molecule has 0 radical (unpaired) electrons. The third kappa shape index (κ3) is 2.70. The predicted octanol–water partition coefficient (Wildman–Crippen LogP) is 2.98. The zero-order valence-corrected chi connectivity index (χ0v) is 12.8. The first-order chi connectivity index (χ1) is 11.3. The van der Waals surface area contributed by atoms with Gasteiger partial charge in [0, 0.05) is 41.8 Å². The molecule has 3 aromatic rings. The maximum Gasteiger partial charge on any atom is 0.270 e. The summed E-state index contributed by atoms with van der Waals surface area (Å²) < 4.78 is 0. The second-order valence-electron chi connectivity index (χ2n) is 5.99. The van der Waals surface area contributed by atoms with Crippen molar-refractivity contribution in [2.75, 3.05) is 13.1 Å². The van der Waals surface area contributed by atoms with Crippen molar-refractivity contribution in [1.82, 2.24) is 19.9 Å². The summed E-state index contributed by atoms with van der Waals surface area (Å²) in [6.07, 6.45) is 5.41. The van der Waals surface area contributed by atoms with Crippen LogP contribution in [0, 0.1) is 0 Å². The second kappa shape index (κ2) is 5.83. The molecule has 23 heavy (non-hydrogen) atoms. The number of nitrogens with one attached hydrogen (secondary N) is 1. The van der Waals surface area contributed by atoms with E-state index in [1.807, 2.05) is 41.3 Å². The van der Waals surface area contributed by atoms with Gasteiger partial charge in [-0.15, -0.1) is 0 Å². The minimum atomic E-state index is 0.0694. The summed E-state index contributed by atoms with van der Waals surface area (Å²) in [6, 6.07) is 11.8. The fraction of sp³-hybridized carbons (Fsp3) is 0.278. The molecule has 0 unspecified atom stereocenters. The van der Waals surface area contributed by atoms with E-state index in [0.717, 1.165) is 36.0 Å². The van der Waals surface area contributed by atoms with Gasteiger partial charge in [0.25, 0.3) is 5.91 Å². The molecule has 0 aliphatic carbocycles. The summed E-state index contributed by atoms with van der Waals surface area (Å²) in [5.74, 6) is 0.361. The summed E-state index contributed by atoms with van der Waals surface area (Å²) in [4.78, 5) is 26.3. The van der Waals surface area contributed by atoms with Crippen molar-refractivity contribution in [3.8, 4) is 0 Å². The summed E-state index contributed by atoms with van der Waals surface area (Å²) in [7, 11) is 0. The molecule has 4 rings (SSSR count). The number of aromatic nitrogens is 3. The average molecular weight is 306 g/mol. The number of aromatic amines is 1. The van der Waals surface area contributed by atoms with Gasteiger partial charge in [-0.05, 0) is 31.0 Å². The molecule has 0 spiro atoms. The SMILES string of the molecule is O=C(c1cc2ccccc2[nH]1)N1CCC[C@@H](c2ccncn2)C1. The summed E-state index contributed by atoms with van der Waals surface area (Å²) in [6.45, 7) is 1.51. The van der Waals surface area contributed by atoms with Crippen LogP contribution in [0.3, 0.4) is 0 Å². The molecule has 1 aromatic carbocycles. The minimum Gasteiger partial charge on any atom is -0.351 e. The number of carbonyl (C=O) groups excluding carboxylic acids is 1. The van der Waals surface area contributed by atoms with E-state index in [4.69, 9.17) is 0 Å². The summed E-state index contributed by atoms with van der Waals surface area (Å²) >= 11 is 0. The highest BCUT2D eigenvalue weighted by molar-refractivity contribution is 5.98. The van der Waals surface area contributed by atoms with Crippen LogP contribution in [-0.2, 0) is 0 Å². The van der Waals surface area contributed by atoms with Crippen molar-refractivity contribution < 1.29 is 4.79 Å². The van der Waals surface area contributed by atoms with E-state index in [1.54, 1.807) is 12.5 Å². The van der Waals surface area contributed by atoms with E-state index < -0.39 is 0 Å². The maximum absolute atomic E-state index is 12.8. The Morgan fingerprint density at radius 3 is 3.00 bits per heavy atom. The largest absolute Gasteiger partial charge is 0.351 e. The molecule has 0 bridgehead atoms. The van der Waals surface area contributed by atoms with Crippen molar-refractivity contribution in [1.29, 1.82) is 0 Å². The van der Waals surface area contributed by atoms with Gasteiger partial charge in [-0.1, -0.05) is 18.2 Å². The molecule has 5 nitrogen and oxygen atoms in total. The number of piperidine rings is 1. The summed E-state index contributed by atoms with van der Waals surface area (Å²) in [5.41, 5.74) is 2.68. The predicted molar refractivity (Wildman–Crippen MR) is 88.2 cm³/mol. The molecule has 2 aromatic heterocycles. The maximum atomic E-state index is 12.8. The monoisotopic (exact) mass is 306 g/mol. The Morgan fingerprint density at radius 1 is 1.26 bits per heavy atom. The van der Waals surface area contributed by atoms with Gasteiger partial charge < -0.3 is 9.88 Å². The second-order valence-corrected chi connectivity index (χ2v) is 5.99. The molecule has 5 heteroatoms. The van der Waals surface area contributed by atoms with Gasteiger partial charge in [0.1, 0.15) is 12.0 Å². The van der Waals surface area contributed by atoms with E-state index in [-0.39, 0.29) is 5.91 Å². The van der Waals surface area contributed by atoms with Gasteiger partial charge >= 0.3 is 0 Å². The van der Waals surface area contributed by atoms with Crippen LogP contribution in [-0.4, -0.2) is 38.8 Å². The van der Waals surface area contributed by atoms with Gasteiger partial charge in [0.15, 0.2) is 0 Å². The third-order valence-corrected chi connectivity index (χ3v) is 4.49. The van der Waals surface area contributed by atoms with E-state index >= 15 is 0 Å². The van der Waals surface area contributed by atoms with Gasteiger partial charge in [0.05, 0.1) is 0 Å². The quantitative estimate of drug-likeness (QED) is 0.791. The first-order valence-electron chi connectivity index (χ1n) is 7.94. The van der Waals surface area contributed by atoms with Crippen molar-refractivity contribution in [2.24, 2.45) is 0 Å². The van der Waals surface area contributed by atoms with Gasteiger partial charge in [0.2, 0.25) is 0 Å². The normalized spacial score (nSPS) is 18.3. The lowest BCUT2D eigenvalue weighted by molar-refractivity contribution is 0.0701. The topological polar surface area (TPSA) is 61.9 Å².